The summed E-state index contributed by atoms with van der Waals surface area (Å²) in [4.78, 5) is 8.48. The molecule has 19 heavy (non-hydrogen) atoms. The first-order valence-corrected chi connectivity index (χ1v) is 7.01. The molecule has 2 N–H and O–H groups in total. The van der Waals surface area contributed by atoms with Gasteiger partial charge in [0.25, 0.3) is 0 Å². The van der Waals surface area contributed by atoms with Crippen molar-refractivity contribution in [3.63, 3.8) is 0 Å². The number of rotatable bonds is 8. The van der Waals surface area contributed by atoms with Gasteiger partial charge in [0.05, 0.1) is 7.11 Å². The Morgan fingerprint density at radius 3 is 2.47 bits per heavy atom. The zero-order valence-electron chi connectivity index (χ0n) is 12.7. The van der Waals surface area contributed by atoms with Gasteiger partial charge in [-0.05, 0) is 26.2 Å². The first-order valence-electron chi connectivity index (χ1n) is 7.01. The van der Waals surface area contributed by atoms with Crippen molar-refractivity contribution in [2.24, 2.45) is 5.92 Å². The highest BCUT2D eigenvalue weighted by atomic mass is 16.5. The van der Waals surface area contributed by atoms with E-state index in [9.17, 15) is 0 Å². The number of methoxy groups -OCH3 is 1. The van der Waals surface area contributed by atoms with Gasteiger partial charge in [-0.25, -0.2) is 9.97 Å². The van der Waals surface area contributed by atoms with Crippen LogP contribution < -0.4 is 15.4 Å². The van der Waals surface area contributed by atoms with Gasteiger partial charge in [0.15, 0.2) is 11.6 Å². The van der Waals surface area contributed by atoms with Gasteiger partial charge in [0, 0.05) is 12.6 Å². The summed E-state index contributed by atoms with van der Waals surface area (Å²) < 4.78 is 5.41. The lowest BCUT2D eigenvalue weighted by atomic mass is 10.0. The Balaban J connectivity index is 2.79. The molecule has 108 valence electrons. The summed E-state index contributed by atoms with van der Waals surface area (Å²) in [5, 5.41) is 6.59. The summed E-state index contributed by atoms with van der Waals surface area (Å²) in [6.45, 7) is 9.47. The molecule has 0 saturated carbocycles. The molecule has 0 saturated heterocycles. The first-order chi connectivity index (χ1) is 9.12. The lowest BCUT2D eigenvalue weighted by Crippen LogP contribution is -2.20. The van der Waals surface area contributed by atoms with Crippen LogP contribution in [0.25, 0.3) is 0 Å². The van der Waals surface area contributed by atoms with Gasteiger partial charge in [-0.2, -0.15) is 0 Å². The van der Waals surface area contributed by atoms with E-state index >= 15 is 0 Å². The van der Waals surface area contributed by atoms with Gasteiger partial charge in [0.1, 0.15) is 6.33 Å². The maximum atomic E-state index is 5.41. The van der Waals surface area contributed by atoms with Crippen LogP contribution in [-0.4, -0.2) is 29.7 Å². The minimum absolute atomic E-state index is 0.355. The molecule has 1 rings (SSSR count). The molecule has 1 heterocycles. The van der Waals surface area contributed by atoms with Gasteiger partial charge >= 0.3 is 0 Å². The van der Waals surface area contributed by atoms with Crippen molar-refractivity contribution in [2.45, 2.75) is 46.6 Å². The van der Waals surface area contributed by atoms with Crippen LogP contribution in [0.5, 0.6) is 5.75 Å². The number of hydrogen-bond acceptors (Lipinski definition) is 5. The Morgan fingerprint density at radius 1 is 1.21 bits per heavy atom. The largest absolute Gasteiger partial charge is 0.490 e. The van der Waals surface area contributed by atoms with E-state index in [0.29, 0.717) is 17.7 Å². The molecule has 2 unspecified atom stereocenters. The van der Waals surface area contributed by atoms with Crippen molar-refractivity contribution in [2.75, 3.05) is 24.3 Å². The van der Waals surface area contributed by atoms with Crippen LogP contribution in [0.3, 0.4) is 0 Å². The Morgan fingerprint density at radius 2 is 1.89 bits per heavy atom. The maximum absolute atomic E-state index is 5.41. The fraction of sp³-hybridized carbons (Fsp3) is 0.714. The van der Waals surface area contributed by atoms with Crippen molar-refractivity contribution in [1.29, 1.82) is 0 Å². The van der Waals surface area contributed by atoms with E-state index in [1.165, 1.54) is 6.42 Å². The van der Waals surface area contributed by atoms with Crippen molar-refractivity contribution in [3.8, 4) is 5.75 Å². The predicted octanol–water partition coefficient (Wildman–Crippen LogP) is 3.15. The number of nitrogens with zero attached hydrogens (tertiary/aromatic N) is 2. The monoisotopic (exact) mass is 266 g/mol. The highest BCUT2D eigenvalue weighted by Gasteiger charge is 2.14. The van der Waals surface area contributed by atoms with Crippen molar-refractivity contribution >= 4 is 11.6 Å². The van der Waals surface area contributed by atoms with Crippen LogP contribution >= 0.6 is 0 Å². The Kier molecular flexibility index (Phi) is 6.39. The molecule has 0 radical (unpaired) electrons. The van der Waals surface area contributed by atoms with Crippen LogP contribution in [-0.2, 0) is 0 Å². The smallest absolute Gasteiger partial charge is 0.204 e. The summed E-state index contributed by atoms with van der Waals surface area (Å²) in [5.41, 5.74) is 0. The second kappa shape index (κ2) is 7.81. The molecule has 0 aromatic carbocycles. The zero-order valence-corrected chi connectivity index (χ0v) is 12.7. The zero-order chi connectivity index (χ0) is 14.3. The summed E-state index contributed by atoms with van der Waals surface area (Å²) in [5.74, 6) is 2.87. The molecule has 0 spiro atoms. The average molecular weight is 266 g/mol. The second-order valence-corrected chi connectivity index (χ2v) is 4.93. The topological polar surface area (TPSA) is 59.1 Å². The molecule has 1 aromatic heterocycles. The second-order valence-electron chi connectivity index (χ2n) is 4.93. The van der Waals surface area contributed by atoms with Crippen molar-refractivity contribution in [1.82, 2.24) is 9.97 Å². The molecule has 0 aliphatic rings. The first kappa shape index (κ1) is 15.5. The van der Waals surface area contributed by atoms with Gasteiger partial charge in [-0.15, -0.1) is 0 Å². The highest BCUT2D eigenvalue weighted by Crippen LogP contribution is 2.29. The number of aromatic nitrogens is 2. The highest BCUT2D eigenvalue weighted by molar-refractivity contribution is 5.63. The molecule has 5 nitrogen and oxygen atoms in total. The van der Waals surface area contributed by atoms with Crippen LogP contribution in [0.1, 0.15) is 40.5 Å². The Bertz CT molecular complexity index is 384. The molecule has 0 aliphatic heterocycles. The number of anilines is 2. The third kappa shape index (κ3) is 4.58. The van der Waals surface area contributed by atoms with Crippen molar-refractivity contribution in [3.05, 3.63) is 6.33 Å². The van der Waals surface area contributed by atoms with E-state index < -0.39 is 0 Å². The SMILES string of the molecule is CCNc1ncnc(NC(C)CC(C)CC)c1OC. The minimum atomic E-state index is 0.355. The van der Waals surface area contributed by atoms with E-state index in [4.69, 9.17) is 4.74 Å². The van der Waals surface area contributed by atoms with E-state index in [0.717, 1.165) is 24.6 Å². The molecule has 5 heteroatoms. The number of ether oxygens (including phenoxy) is 1. The Labute approximate surface area is 116 Å². The van der Waals surface area contributed by atoms with E-state index in [-0.39, 0.29) is 0 Å². The average Bonchev–Trinajstić information content (AvgIpc) is 2.39. The fourth-order valence-electron chi connectivity index (χ4n) is 2.03. The summed E-state index contributed by atoms with van der Waals surface area (Å²) in [7, 11) is 1.64. The Hall–Kier alpha value is -1.52. The van der Waals surface area contributed by atoms with Crippen LogP contribution in [0.2, 0.25) is 0 Å². The van der Waals surface area contributed by atoms with Gasteiger partial charge in [-0.1, -0.05) is 20.3 Å². The molecular weight excluding hydrogens is 240 g/mol. The van der Waals surface area contributed by atoms with Crippen LogP contribution in [0.15, 0.2) is 6.33 Å². The molecule has 0 amide bonds. The molecule has 1 aromatic rings. The van der Waals surface area contributed by atoms with Crippen LogP contribution in [0, 0.1) is 5.92 Å². The molecule has 2 atom stereocenters. The molecule has 0 aliphatic carbocycles. The third-order valence-electron chi connectivity index (χ3n) is 3.19. The third-order valence-corrected chi connectivity index (χ3v) is 3.19. The summed E-state index contributed by atoms with van der Waals surface area (Å²) >= 11 is 0. The molecular formula is C14H26N4O. The van der Waals surface area contributed by atoms with Gasteiger partial charge in [-0.3, -0.25) is 0 Å². The lowest BCUT2D eigenvalue weighted by molar-refractivity contribution is 0.413. The predicted molar refractivity (Wildman–Crippen MR) is 79.9 cm³/mol. The van der Waals surface area contributed by atoms with Crippen LogP contribution in [0.4, 0.5) is 11.6 Å². The molecule has 0 bridgehead atoms. The lowest BCUT2D eigenvalue weighted by Gasteiger charge is -2.20. The summed E-state index contributed by atoms with van der Waals surface area (Å²) in [6, 6.07) is 0.355. The van der Waals surface area contributed by atoms with Gasteiger partial charge < -0.3 is 15.4 Å². The van der Waals surface area contributed by atoms with E-state index in [2.05, 4.69) is 41.4 Å². The van der Waals surface area contributed by atoms with E-state index in [1.807, 2.05) is 6.92 Å². The van der Waals surface area contributed by atoms with Crippen molar-refractivity contribution < 1.29 is 4.74 Å². The standard InChI is InChI=1S/C14H26N4O/c1-6-10(3)8-11(4)18-14-12(19-5)13(15-7-2)16-9-17-14/h9-11H,6-8H2,1-5H3,(H2,15,16,17,18). The molecule has 0 fully saturated rings. The van der Waals surface area contributed by atoms with E-state index in [1.54, 1.807) is 13.4 Å². The van der Waals surface area contributed by atoms with Gasteiger partial charge in [0.2, 0.25) is 5.75 Å². The number of hydrogen-bond donors (Lipinski definition) is 2. The summed E-state index contributed by atoms with van der Waals surface area (Å²) in [6.07, 6.45) is 3.86. The number of nitrogens with one attached hydrogen (secondary N) is 2. The quantitative estimate of drug-likeness (QED) is 0.757. The maximum Gasteiger partial charge on any atom is 0.204 e. The minimum Gasteiger partial charge on any atom is -0.490 e. The fourth-order valence-corrected chi connectivity index (χ4v) is 2.03. The normalized spacial score (nSPS) is 13.7.